The number of rotatable bonds is 5. The number of hydrogen-bond acceptors (Lipinski definition) is 5. The maximum atomic E-state index is 9.18. The number of thiophene rings is 1. The van der Waals surface area contributed by atoms with Gasteiger partial charge in [0.05, 0.1) is 22.5 Å². The molecule has 0 aromatic carbocycles. The number of nitrogens with one attached hydrogen (secondary N) is 1. The van der Waals surface area contributed by atoms with Crippen LogP contribution in [-0.4, -0.2) is 55.8 Å². The standard InChI is InChI=1S/C26H33N5OS/c1-16(2)22-23(19-10-17(3)25-27-15-28-31(25)12-19)29-20-11-21(33-24(20)22)18-4-6-26(7-5-18)13-30(14-26)8-9-32/h10-12,15-16,18,29,32H,4-9,13-14H2,1-3H3. The second-order valence-corrected chi connectivity index (χ2v) is 11.7. The van der Waals surface area contributed by atoms with Crippen molar-refractivity contribution in [2.75, 3.05) is 26.2 Å². The summed E-state index contributed by atoms with van der Waals surface area (Å²) in [5.74, 6) is 1.12. The molecule has 4 aromatic rings. The highest BCUT2D eigenvalue weighted by atomic mass is 32.1. The summed E-state index contributed by atoms with van der Waals surface area (Å²) in [6.45, 7) is 10.2. The average molecular weight is 464 g/mol. The summed E-state index contributed by atoms with van der Waals surface area (Å²) in [6, 6.07) is 4.66. The molecule has 0 bridgehead atoms. The van der Waals surface area contributed by atoms with Crippen LogP contribution in [0.25, 0.3) is 27.1 Å². The van der Waals surface area contributed by atoms with E-state index in [1.54, 1.807) is 11.2 Å². The zero-order valence-corrected chi connectivity index (χ0v) is 20.6. The Bertz CT molecular complexity index is 1300. The van der Waals surface area contributed by atoms with Gasteiger partial charge in [0.15, 0.2) is 5.65 Å². The molecule has 6 nitrogen and oxygen atoms in total. The van der Waals surface area contributed by atoms with Gasteiger partial charge in [0.2, 0.25) is 0 Å². The Morgan fingerprint density at radius 3 is 2.76 bits per heavy atom. The van der Waals surface area contributed by atoms with E-state index < -0.39 is 0 Å². The Labute approximate surface area is 198 Å². The summed E-state index contributed by atoms with van der Waals surface area (Å²) in [7, 11) is 0. The number of aromatic amines is 1. The molecule has 1 aliphatic carbocycles. The minimum Gasteiger partial charge on any atom is -0.395 e. The first-order chi connectivity index (χ1) is 16.0. The van der Waals surface area contributed by atoms with Gasteiger partial charge in [-0.25, -0.2) is 9.50 Å². The highest BCUT2D eigenvalue weighted by Gasteiger charge is 2.45. The third-order valence-electron chi connectivity index (χ3n) is 7.93. The third kappa shape index (κ3) is 3.52. The Morgan fingerprint density at radius 1 is 1.24 bits per heavy atom. The second kappa shape index (κ2) is 7.93. The molecule has 0 amide bonds. The van der Waals surface area contributed by atoms with Crippen LogP contribution in [0, 0.1) is 12.3 Å². The summed E-state index contributed by atoms with van der Waals surface area (Å²) < 4.78 is 3.30. The number of aromatic nitrogens is 4. The van der Waals surface area contributed by atoms with Gasteiger partial charge in [-0.05, 0) is 73.1 Å². The molecular formula is C26H33N5OS. The Hall–Kier alpha value is -2.22. The largest absolute Gasteiger partial charge is 0.395 e. The predicted molar refractivity (Wildman–Crippen MR) is 134 cm³/mol. The molecular weight excluding hydrogens is 430 g/mol. The van der Waals surface area contributed by atoms with Gasteiger partial charge in [0.25, 0.3) is 0 Å². The lowest BCUT2D eigenvalue weighted by atomic mass is 9.65. The number of H-pyrrole nitrogens is 1. The second-order valence-electron chi connectivity index (χ2n) is 10.6. The van der Waals surface area contributed by atoms with Gasteiger partial charge >= 0.3 is 0 Å². The molecule has 1 saturated carbocycles. The lowest BCUT2D eigenvalue weighted by Gasteiger charge is -2.53. The van der Waals surface area contributed by atoms with E-state index in [4.69, 9.17) is 0 Å². The number of pyridine rings is 1. The fraction of sp³-hybridized carbons (Fsp3) is 0.538. The van der Waals surface area contributed by atoms with Crippen LogP contribution in [0.2, 0.25) is 0 Å². The molecule has 2 N–H and O–H groups in total. The van der Waals surface area contributed by atoms with E-state index in [9.17, 15) is 5.11 Å². The van der Waals surface area contributed by atoms with E-state index in [-0.39, 0.29) is 6.61 Å². The first kappa shape index (κ1) is 21.3. The molecule has 0 radical (unpaired) electrons. The lowest BCUT2D eigenvalue weighted by Crippen LogP contribution is -2.57. The number of aliphatic hydroxyl groups excluding tert-OH is 1. The van der Waals surface area contributed by atoms with Gasteiger partial charge in [0, 0.05) is 36.3 Å². The number of β-amino-alcohol motifs (C(OH)–C–C–N with tert-alkyl or cyclic N) is 1. The van der Waals surface area contributed by atoms with Crippen molar-refractivity contribution in [2.45, 2.75) is 58.3 Å². The highest BCUT2D eigenvalue weighted by molar-refractivity contribution is 7.19. The number of aliphatic hydroxyl groups is 1. The van der Waals surface area contributed by atoms with Gasteiger partial charge in [-0.2, -0.15) is 5.10 Å². The molecule has 0 atom stereocenters. The fourth-order valence-corrected chi connectivity index (χ4v) is 7.74. The maximum Gasteiger partial charge on any atom is 0.158 e. The van der Waals surface area contributed by atoms with E-state index in [0.717, 1.165) is 17.8 Å². The van der Waals surface area contributed by atoms with Gasteiger partial charge in [-0.15, -0.1) is 11.3 Å². The van der Waals surface area contributed by atoms with Crippen LogP contribution < -0.4 is 0 Å². The van der Waals surface area contributed by atoms with Crippen LogP contribution in [-0.2, 0) is 0 Å². The molecule has 4 aromatic heterocycles. The minimum absolute atomic E-state index is 0.284. The third-order valence-corrected chi connectivity index (χ3v) is 9.26. The molecule has 6 rings (SSSR count). The normalized spacial score (nSPS) is 19.3. The van der Waals surface area contributed by atoms with Crippen molar-refractivity contribution in [2.24, 2.45) is 5.41 Å². The van der Waals surface area contributed by atoms with Crippen molar-refractivity contribution in [1.82, 2.24) is 24.5 Å². The molecule has 1 aliphatic heterocycles. The van der Waals surface area contributed by atoms with E-state index in [1.807, 2.05) is 15.9 Å². The molecule has 5 heterocycles. The Morgan fingerprint density at radius 2 is 2.03 bits per heavy atom. The van der Waals surface area contributed by atoms with Gasteiger partial charge in [0.1, 0.15) is 6.33 Å². The first-order valence-electron chi connectivity index (χ1n) is 12.3. The smallest absolute Gasteiger partial charge is 0.158 e. The summed E-state index contributed by atoms with van der Waals surface area (Å²) in [5.41, 5.74) is 7.69. The number of hydrogen-bond donors (Lipinski definition) is 2. The number of likely N-dealkylation sites (tertiary alicyclic amines) is 1. The topological polar surface area (TPSA) is 69.5 Å². The summed E-state index contributed by atoms with van der Waals surface area (Å²) in [6.07, 6.45) is 8.95. The average Bonchev–Trinajstić information content (AvgIpc) is 3.47. The van der Waals surface area contributed by atoms with E-state index in [0.29, 0.717) is 17.3 Å². The zero-order valence-electron chi connectivity index (χ0n) is 19.8. The van der Waals surface area contributed by atoms with Crippen LogP contribution in [0.1, 0.15) is 67.4 Å². The molecule has 174 valence electrons. The van der Waals surface area contributed by atoms with Crippen molar-refractivity contribution in [3.63, 3.8) is 0 Å². The quantitative estimate of drug-likeness (QED) is 0.420. The van der Waals surface area contributed by atoms with Crippen LogP contribution in [0.4, 0.5) is 0 Å². The zero-order chi connectivity index (χ0) is 22.7. The Balaban J connectivity index is 1.28. The van der Waals surface area contributed by atoms with E-state index >= 15 is 0 Å². The number of aryl methyl sites for hydroxylation is 1. The monoisotopic (exact) mass is 463 g/mol. The van der Waals surface area contributed by atoms with Gasteiger partial charge < -0.3 is 10.1 Å². The SMILES string of the molecule is Cc1cc(-c2[nH]c3cc(C4CCC5(CC4)CN(CCO)C5)sc3c2C(C)C)cn2ncnc12. The maximum absolute atomic E-state index is 9.18. The number of fused-ring (bicyclic) bond motifs is 2. The summed E-state index contributed by atoms with van der Waals surface area (Å²) in [4.78, 5) is 12.1. The van der Waals surface area contributed by atoms with Crippen LogP contribution in [0.5, 0.6) is 0 Å². The number of nitrogens with zero attached hydrogens (tertiary/aromatic N) is 4. The van der Waals surface area contributed by atoms with Crippen LogP contribution in [0.3, 0.4) is 0 Å². The summed E-state index contributed by atoms with van der Waals surface area (Å²) >= 11 is 2.01. The van der Waals surface area contributed by atoms with Crippen molar-refractivity contribution in [3.8, 4) is 11.3 Å². The van der Waals surface area contributed by atoms with Crippen molar-refractivity contribution < 1.29 is 5.11 Å². The molecule has 33 heavy (non-hydrogen) atoms. The van der Waals surface area contributed by atoms with Crippen LogP contribution >= 0.6 is 11.3 Å². The van der Waals surface area contributed by atoms with Gasteiger partial charge in [-0.3, -0.25) is 4.90 Å². The molecule has 2 aliphatic rings. The van der Waals surface area contributed by atoms with E-state index in [2.05, 4.69) is 59.1 Å². The van der Waals surface area contributed by atoms with Crippen LogP contribution in [0.15, 0.2) is 24.7 Å². The lowest BCUT2D eigenvalue weighted by molar-refractivity contribution is -0.0381. The molecule has 7 heteroatoms. The van der Waals surface area contributed by atoms with Crippen molar-refractivity contribution in [1.29, 1.82) is 0 Å². The molecule has 1 spiro atoms. The Kier molecular flexibility index (Phi) is 5.12. The molecule has 1 saturated heterocycles. The molecule has 0 unspecified atom stereocenters. The van der Waals surface area contributed by atoms with Gasteiger partial charge in [-0.1, -0.05) is 13.8 Å². The predicted octanol–water partition coefficient (Wildman–Crippen LogP) is 5.32. The van der Waals surface area contributed by atoms with E-state index in [1.165, 1.54) is 65.8 Å². The first-order valence-corrected chi connectivity index (χ1v) is 13.1. The fourth-order valence-electron chi connectivity index (χ4n) is 6.26. The molecule has 2 fully saturated rings. The highest BCUT2D eigenvalue weighted by Crippen LogP contribution is 2.50. The van der Waals surface area contributed by atoms with Crippen molar-refractivity contribution >= 4 is 27.2 Å². The minimum atomic E-state index is 0.284. The summed E-state index contributed by atoms with van der Waals surface area (Å²) in [5, 5.41) is 13.6. The van der Waals surface area contributed by atoms with Crippen molar-refractivity contribution in [3.05, 3.63) is 40.7 Å².